The maximum Gasteiger partial charge on any atom is 0.0354 e. The van der Waals surface area contributed by atoms with E-state index in [9.17, 15) is 0 Å². The van der Waals surface area contributed by atoms with Gasteiger partial charge >= 0.3 is 0 Å². The van der Waals surface area contributed by atoms with Gasteiger partial charge in [-0.05, 0) is 41.8 Å². The van der Waals surface area contributed by atoms with Crippen LogP contribution in [-0.2, 0) is 0 Å². The largest absolute Gasteiger partial charge is 0.310 e. The SMILES string of the molecule is CCCNC1c2ccccc2C(C(C)C)C1C. The zero-order valence-electron chi connectivity index (χ0n) is 11.5. The molecule has 0 saturated heterocycles. The lowest BCUT2D eigenvalue weighted by atomic mass is 9.83. The van der Waals surface area contributed by atoms with E-state index in [1.54, 1.807) is 5.56 Å². The van der Waals surface area contributed by atoms with Crippen LogP contribution in [0, 0.1) is 11.8 Å². The lowest BCUT2D eigenvalue weighted by Crippen LogP contribution is -2.26. The third kappa shape index (κ3) is 2.26. The summed E-state index contributed by atoms with van der Waals surface area (Å²) >= 11 is 0. The molecule has 3 atom stereocenters. The van der Waals surface area contributed by atoms with Gasteiger partial charge in [0.25, 0.3) is 0 Å². The van der Waals surface area contributed by atoms with Gasteiger partial charge in [-0.3, -0.25) is 0 Å². The molecule has 1 N–H and O–H groups in total. The molecule has 0 fully saturated rings. The molecule has 1 aliphatic carbocycles. The van der Waals surface area contributed by atoms with Gasteiger partial charge in [0.2, 0.25) is 0 Å². The predicted octanol–water partition coefficient (Wildman–Crippen LogP) is 4.12. The summed E-state index contributed by atoms with van der Waals surface area (Å²) in [5.74, 6) is 2.14. The molecule has 2 rings (SSSR count). The van der Waals surface area contributed by atoms with Crippen molar-refractivity contribution in [3.63, 3.8) is 0 Å². The molecule has 1 heteroatoms. The van der Waals surface area contributed by atoms with Crippen LogP contribution in [0.3, 0.4) is 0 Å². The standard InChI is InChI=1S/C16H25N/c1-5-10-17-16-12(4)15(11(2)3)13-8-6-7-9-14(13)16/h6-9,11-12,15-17H,5,10H2,1-4H3. The van der Waals surface area contributed by atoms with Crippen LogP contribution in [0.25, 0.3) is 0 Å². The van der Waals surface area contributed by atoms with Crippen molar-refractivity contribution in [2.24, 2.45) is 11.8 Å². The third-order valence-corrected chi connectivity index (χ3v) is 4.11. The Morgan fingerprint density at radius 2 is 1.82 bits per heavy atom. The number of hydrogen-bond acceptors (Lipinski definition) is 1. The summed E-state index contributed by atoms with van der Waals surface area (Å²) in [4.78, 5) is 0. The quantitative estimate of drug-likeness (QED) is 0.822. The highest BCUT2D eigenvalue weighted by atomic mass is 14.9. The number of benzene rings is 1. The monoisotopic (exact) mass is 231 g/mol. The van der Waals surface area contributed by atoms with Crippen LogP contribution < -0.4 is 5.32 Å². The fourth-order valence-electron chi connectivity index (χ4n) is 3.43. The second-order valence-electron chi connectivity index (χ2n) is 5.69. The summed E-state index contributed by atoms with van der Waals surface area (Å²) in [6, 6.07) is 9.54. The highest BCUT2D eigenvalue weighted by molar-refractivity contribution is 5.39. The molecule has 0 amide bonds. The van der Waals surface area contributed by atoms with E-state index in [2.05, 4.69) is 57.3 Å². The number of nitrogens with one attached hydrogen (secondary N) is 1. The van der Waals surface area contributed by atoms with Crippen LogP contribution in [0.1, 0.15) is 57.2 Å². The van der Waals surface area contributed by atoms with Crippen LogP contribution in [0.2, 0.25) is 0 Å². The Morgan fingerprint density at radius 1 is 1.18 bits per heavy atom. The molecule has 17 heavy (non-hydrogen) atoms. The topological polar surface area (TPSA) is 12.0 Å². The van der Waals surface area contributed by atoms with Crippen LogP contribution in [0.5, 0.6) is 0 Å². The highest BCUT2D eigenvalue weighted by Gasteiger charge is 2.38. The molecule has 0 heterocycles. The normalized spacial score (nSPS) is 27.5. The molecule has 0 saturated carbocycles. The third-order valence-electron chi connectivity index (χ3n) is 4.11. The molecule has 0 aliphatic heterocycles. The van der Waals surface area contributed by atoms with Crippen LogP contribution in [0.4, 0.5) is 0 Å². The van der Waals surface area contributed by atoms with Gasteiger partial charge in [-0.25, -0.2) is 0 Å². The lowest BCUT2D eigenvalue weighted by molar-refractivity contribution is 0.317. The molecular formula is C16H25N. The molecule has 1 nitrogen and oxygen atoms in total. The molecule has 0 radical (unpaired) electrons. The van der Waals surface area contributed by atoms with E-state index >= 15 is 0 Å². The maximum atomic E-state index is 3.72. The smallest absolute Gasteiger partial charge is 0.0354 e. The summed E-state index contributed by atoms with van der Waals surface area (Å²) in [5.41, 5.74) is 3.11. The van der Waals surface area contributed by atoms with E-state index < -0.39 is 0 Å². The van der Waals surface area contributed by atoms with Crippen LogP contribution in [0.15, 0.2) is 24.3 Å². The van der Waals surface area contributed by atoms with Gasteiger partial charge in [0.1, 0.15) is 0 Å². The first-order chi connectivity index (χ1) is 8.16. The summed E-state index contributed by atoms with van der Waals surface area (Å²) in [6.45, 7) is 10.4. The van der Waals surface area contributed by atoms with Crippen molar-refractivity contribution in [3.8, 4) is 0 Å². The van der Waals surface area contributed by atoms with Crippen molar-refractivity contribution in [1.82, 2.24) is 5.32 Å². The number of hydrogen-bond donors (Lipinski definition) is 1. The number of fused-ring (bicyclic) bond motifs is 1. The predicted molar refractivity (Wildman–Crippen MR) is 74.2 cm³/mol. The van der Waals surface area contributed by atoms with Gasteiger partial charge in [-0.2, -0.15) is 0 Å². The summed E-state index contributed by atoms with van der Waals surface area (Å²) in [7, 11) is 0. The fourth-order valence-corrected chi connectivity index (χ4v) is 3.43. The molecular weight excluding hydrogens is 206 g/mol. The molecule has 0 spiro atoms. The first-order valence-corrected chi connectivity index (χ1v) is 6.99. The molecule has 0 aromatic heterocycles. The fraction of sp³-hybridized carbons (Fsp3) is 0.625. The van der Waals surface area contributed by atoms with Crippen molar-refractivity contribution in [1.29, 1.82) is 0 Å². The average molecular weight is 231 g/mol. The minimum Gasteiger partial charge on any atom is -0.310 e. The Labute approximate surface area is 106 Å². The van der Waals surface area contributed by atoms with E-state index in [0.29, 0.717) is 17.9 Å². The maximum absolute atomic E-state index is 3.72. The van der Waals surface area contributed by atoms with Crippen molar-refractivity contribution in [2.45, 2.75) is 46.1 Å². The Kier molecular flexibility index (Phi) is 3.88. The number of rotatable bonds is 4. The van der Waals surface area contributed by atoms with E-state index in [1.807, 2.05) is 0 Å². The minimum absolute atomic E-state index is 0.554. The average Bonchev–Trinajstić information content (AvgIpc) is 2.58. The second-order valence-corrected chi connectivity index (χ2v) is 5.69. The Morgan fingerprint density at radius 3 is 2.41 bits per heavy atom. The van der Waals surface area contributed by atoms with Crippen molar-refractivity contribution in [2.75, 3.05) is 6.54 Å². The van der Waals surface area contributed by atoms with E-state index in [-0.39, 0.29) is 0 Å². The van der Waals surface area contributed by atoms with Gasteiger partial charge in [-0.15, -0.1) is 0 Å². The van der Waals surface area contributed by atoms with Crippen LogP contribution >= 0.6 is 0 Å². The minimum atomic E-state index is 0.554. The molecule has 3 unspecified atom stereocenters. The van der Waals surface area contributed by atoms with Crippen LogP contribution in [-0.4, -0.2) is 6.54 Å². The van der Waals surface area contributed by atoms with E-state index in [0.717, 1.165) is 12.5 Å². The molecule has 1 aromatic carbocycles. The molecule has 0 bridgehead atoms. The summed E-state index contributed by atoms with van der Waals surface area (Å²) < 4.78 is 0. The Bertz CT molecular complexity index is 370. The van der Waals surface area contributed by atoms with Gasteiger partial charge in [0.15, 0.2) is 0 Å². The van der Waals surface area contributed by atoms with Gasteiger partial charge in [-0.1, -0.05) is 52.0 Å². The van der Waals surface area contributed by atoms with Gasteiger partial charge < -0.3 is 5.32 Å². The van der Waals surface area contributed by atoms with Crippen molar-refractivity contribution in [3.05, 3.63) is 35.4 Å². The first-order valence-electron chi connectivity index (χ1n) is 6.99. The zero-order chi connectivity index (χ0) is 12.4. The molecule has 1 aromatic rings. The lowest BCUT2D eigenvalue weighted by Gasteiger charge is -2.25. The second kappa shape index (κ2) is 5.22. The summed E-state index contributed by atoms with van der Waals surface area (Å²) in [5, 5.41) is 3.72. The van der Waals surface area contributed by atoms with Gasteiger partial charge in [0.05, 0.1) is 0 Å². The Hall–Kier alpha value is -0.820. The van der Waals surface area contributed by atoms with E-state index in [4.69, 9.17) is 0 Å². The van der Waals surface area contributed by atoms with E-state index in [1.165, 1.54) is 12.0 Å². The highest BCUT2D eigenvalue weighted by Crippen LogP contribution is 2.48. The molecule has 1 aliphatic rings. The van der Waals surface area contributed by atoms with Gasteiger partial charge in [0, 0.05) is 6.04 Å². The first kappa shape index (κ1) is 12.6. The molecule has 94 valence electrons. The zero-order valence-corrected chi connectivity index (χ0v) is 11.5. The van der Waals surface area contributed by atoms with Crippen molar-refractivity contribution >= 4 is 0 Å². The van der Waals surface area contributed by atoms with Crippen molar-refractivity contribution < 1.29 is 0 Å². The summed E-state index contributed by atoms with van der Waals surface area (Å²) in [6.07, 6.45) is 1.21. The Balaban J connectivity index is 2.31.